The summed E-state index contributed by atoms with van der Waals surface area (Å²) in [5.41, 5.74) is 7.23. The van der Waals surface area contributed by atoms with E-state index in [1.807, 2.05) is 11.8 Å². The Kier molecular flexibility index (Phi) is 4.05. The van der Waals surface area contributed by atoms with Gasteiger partial charge in [0.2, 0.25) is 10.0 Å². The van der Waals surface area contributed by atoms with Crippen LogP contribution in [0.25, 0.3) is 0 Å². The van der Waals surface area contributed by atoms with E-state index in [1.54, 1.807) is 12.1 Å². The zero-order valence-corrected chi connectivity index (χ0v) is 15.7. The van der Waals surface area contributed by atoms with Gasteiger partial charge in [-0.1, -0.05) is 6.07 Å². The van der Waals surface area contributed by atoms with Crippen molar-refractivity contribution in [1.82, 2.24) is 0 Å². The third-order valence-corrected chi connectivity index (χ3v) is 7.31. The van der Waals surface area contributed by atoms with Gasteiger partial charge in [-0.25, -0.2) is 13.6 Å². The smallest absolute Gasteiger partial charge is 0.250 e. The molecule has 0 aromatic heterocycles. The second kappa shape index (κ2) is 5.94. The van der Waals surface area contributed by atoms with Crippen molar-refractivity contribution in [3.05, 3.63) is 23.3 Å². The number of carbonyl (C=O) groups is 1. The number of piperidine rings is 1. The van der Waals surface area contributed by atoms with Crippen molar-refractivity contribution in [2.75, 3.05) is 24.6 Å². The lowest BCUT2D eigenvalue weighted by molar-refractivity contribution is -0.0653. The third-order valence-electron chi connectivity index (χ3n) is 6.31. The van der Waals surface area contributed by atoms with E-state index in [0.29, 0.717) is 36.4 Å². The highest BCUT2D eigenvalue weighted by Crippen LogP contribution is 2.54. The normalized spacial score (nSPS) is 27.2. The van der Waals surface area contributed by atoms with E-state index < -0.39 is 15.9 Å². The summed E-state index contributed by atoms with van der Waals surface area (Å²) in [4.78, 5) is 14.1. The molecule has 4 N–H and O–H groups in total. The maximum atomic E-state index is 12.5. The maximum Gasteiger partial charge on any atom is 0.250 e. The number of primary sulfonamides is 1. The van der Waals surface area contributed by atoms with Gasteiger partial charge in [-0.15, -0.1) is 0 Å². The van der Waals surface area contributed by atoms with Gasteiger partial charge in [0.15, 0.2) is 0 Å². The molecular formula is C18H25N3O4S. The van der Waals surface area contributed by atoms with Gasteiger partial charge in [0.1, 0.15) is 4.90 Å². The Morgan fingerprint density at radius 1 is 1.23 bits per heavy atom. The molecule has 1 spiro atoms. The fourth-order valence-electron chi connectivity index (χ4n) is 4.30. The lowest BCUT2D eigenvalue weighted by atomic mass is 9.88. The maximum absolute atomic E-state index is 12.5. The first-order chi connectivity index (χ1) is 12.2. The third kappa shape index (κ3) is 2.90. The standard InChI is InChI=1S/C18H25N3O4S/c1-11-14(10-25-11)12-2-3-13(17(19)22)15(16(12)26(20,23)24)21-8-6-18(4-5-18)7-9-21/h2-3,11,14H,4-10H2,1H3,(H2,19,22)(H2,20,23,24). The van der Waals surface area contributed by atoms with Crippen LogP contribution in [0, 0.1) is 5.41 Å². The molecule has 1 aliphatic carbocycles. The molecule has 1 aromatic rings. The van der Waals surface area contributed by atoms with Gasteiger partial charge < -0.3 is 15.4 Å². The number of carbonyl (C=O) groups excluding carboxylic acids is 1. The SMILES string of the molecule is CC1OCC1c1ccc(C(N)=O)c(N2CCC3(CC2)CC3)c1S(N)(=O)=O. The number of sulfonamides is 1. The topological polar surface area (TPSA) is 116 Å². The Hall–Kier alpha value is -1.64. The molecule has 0 bridgehead atoms. The van der Waals surface area contributed by atoms with Gasteiger partial charge in [-0.05, 0) is 49.7 Å². The summed E-state index contributed by atoms with van der Waals surface area (Å²) in [6, 6.07) is 3.30. The average Bonchev–Trinajstić information content (AvgIpc) is 3.31. The molecule has 2 aliphatic heterocycles. The fourth-order valence-corrected chi connectivity index (χ4v) is 5.36. The van der Waals surface area contributed by atoms with E-state index in [4.69, 9.17) is 15.6 Å². The summed E-state index contributed by atoms with van der Waals surface area (Å²) in [6.45, 7) is 3.77. The first-order valence-corrected chi connectivity index (χ1v) is 10.6. The van der Waals surface area contributed by atoms with Crippen LogP contribution in [-0.2, 0) is 14.8 Å². The Morgan fingerprint density at radius 2 is 1.88 bits per heavy atom. The summed E-state index contributed by atoms with van der Waals surface area (Å²) >= 11 is 0. The van der Waals surface area contributed by atoms with Crippen LogP contribution in [0.2, 0.25) is 0 Å². The van der Waals surface area contributed by atoms with E-state index in [0.717, 1.165) is 12.8 Å². The molecule has 8 heteroatoms. The number of amides is 1. The van der Waals surface area contributed by atoms with Crippen molar-refractivity contribution >= 4 is 21.6 Å². The molecule has 1 aromatic carbocycles. The predicted octanol–water partition coefficient (Wildman–Crippen LogP) is 1.32. The second-order valence-electron chi connectivity index (χ2n) is 7.92. The molecule has 0 radical (unpaired) electrons. The van der Waals surface area contributed by atoms with Crippen LogP contribution in [0.5, 0.6) is 0 Å². The molecule has 26 heavy (non-hydrogen) atoms. The van der Waals surface area contributed by atoms with E-state index in [-0.39, 0.29) is 22.5 Å². The van der Waals surface area contributed by atoms with Gasteiger partial charge in [-0.2, -0.15) is 0 Å². The second-order valence-corrected chi connectivity index (χ2v) is 9.42. The Morgan fingerprint density at radius 3 is 2.31 bits per heavy atom. The number of benzene rings is 1. The molecule has 7 nitrogen and oxygen atoms in total. The number of primary amides is 1. The molecule has 3 fully saturated rings. The Bertz CT molecular complexity index is 853. The highest BCUT2D eigenvalue weighted by atomic mass is 32.2. The summed E-state index contributed by atoms with van der Waals surface area (Å²) in [7, 11) is -4.03. The number of rotatable bonds is 4. The van der Waals surface area contributed by atoms with Crippen LogP contribution in [-0.4, -0.2) is 40.1 Å². The van der Waals surface area contributed by atoms with Gasteiger partial charge >= 0.3 is 0 Å². The molecule has 2 atom stereocenters. The van der Waals surface area contributed by atoms with Crippen LogP contribution >= 0.6 is 0 Å². The highest BCUT2D eigenvalue weighted by Gasteiger charge is 2.45. The number of ether oxygens (including phenoxy) is 1. The minimum absolute atomic E-state index is 0.0423. The van der Waals surface area contributed by atoms with Gasteiger partial charge in [0, 0.05) is 19.0 Å². The average molecular weight is 379 g/mol. The number of anilines is 1. The summed E-state index contributed by atoms with van der Waals surface area (Å²) in [5, 5.41) is 5.61. The zero-order valence-electron chi connectivity index (χ0n) is 14.9. The van der Waals surface area contributed by atoms with Crippen LogP contribution in [0.15, 0.2) is 17.0 Å². The van der Waals surface area contributed by atoms with Crippen molar-refractivity contribution < 1.29 is 17.9 Å². The van der Waals surface area contributed by atoms with Crippen molar-refractivity contribution in [3.8, 4) is 0 Å². The molecule has 4 rings (SSSR count). The molecule has 2 heterocycles. The fraction of sp³-hybridized carbons (Fsp3) is 0.611. The molecule has 1 amide bonds. The van der Waals surface area contributed by atoms with Crippen molar-refractivity contribution in [2.24, 2.45) is 16.3 Å². The summed E-state index contributed by atoms with van der Waals surface area (Å²) in [5.74, 6) is -0.690. The Labute approximate surface area is 153 Å². The quantitative estimate of drug-likeness (QED) is 0.818. The van der Waals surface area contributed by atoms with Crippen molar-refractivity contribution in [3.63, 3.8) is 0 Å². The van der Waals surface area contributed by atoms with E-state index in [2.05, 4.69) is 0 Å². The van der Waals surface area contributed by atoms with E-state index >= 15 is 0 Å². The molecule has 142 valence electrons. The largest absolute Gasteiger partial charge is 0.377 e. The van der Waals surface area contributed by atoms with E-state index in [9.17, 15) is 13.2 Å². The van der Waals surface area contributed by atoms with Gasteiger partial charge in [0.05, 0.1) is 24.0 Å². The van der Waals surface area contributed by atoms with Crippen LogP contribution in [0.4, 0.5) is 5.69 Å². The zero-order chi connectivity index (χ0) is 18.7. The number of hydrogen-bond donors (Lipinski definition) is 2. The van der Waals surface area contributed by atoms with Crippen molar-refractivity contribution in [2.45, 2.75) is 49.5 Å². The van der Waals surface area contributed by atoms with Gasteiger partial charge in [0.25, 0.3) is 5.91 Å². The van der Waals surface area contributed by atoms with Crippen LogP contribution < -0.4 is 15.8 Å². The lowest BCUT2D eigenvalue weighted by Crippen LogP contribution is -2.40. The minimum atomic E-state index is -4.03. The molecule has 3 aliphatic rings. The molecule has 2 saturated heterocycles. The summed E-state index contributed by atoms with van der Waals surface area (Å²) < 4.78 is 30.5. The Balaban J connectivity index is 1.85. The van der Waals surface area contributed by atoms with Gasteiger partial charge in [-0.3, -0.25) is 4.79 Å². The number of hydrogen-bond acceptors (Lipinski definition) is 5. The van der Waals surface area contributed by atoms with E-state index in [1.165, 1.54) is 12.8 Å². The van der Waals surface area contributed by atoms with Crippen molar-refractivity contribution in [1.29, 1.82) is 0 Å². The first-order valence-electron chi connectivity index (χ1n) is 9.08. The summed E-state index contributed by atoms with van der Waals surface area (Å²) in [6.07, 6.45) is 4.40. The van der Waals surface area contributed by atoms with Crippen LogP contribution in [0.1, 0.15) is 54.4 Å². The lowest BCUT2D eigenvalue weighted by Gasteiger charge is -2.39. The first kappa shape index (κ1) is 17.8. The molecule has 2 unspecified atom stereocenters. The minimum Gasteiger partial charge on any atom is -0.377 e. The van der Waals surface area contributed by atoms with Crippen LogP contribution in [0.3, 0.4) is 0 Å². The predicted molar refractivity (Wildman–Crippen MR) is 97.6 cm³/mol. The molecular weight excluding hydrogens is 354 g/mol. The number of nitrogens with zero attached hydrogens (tertiary/aromatic N) is 1. The number of nitrogens with two attached hydrogens (primary N) is 2. The highest BCUT2D eigenvalue weighted by molar-refractivity contribution is 7.89. The molecule has 1 saturated carbocycles. The monoisotopic (exact) mass is 379 g/mol.